The van der Waals surface area contributed by atoms with Gasteiger partial charge < -0.3 is 20.7 Å². The van der Waals surface area contributed by atoms with Crippen LogP contribution in [0.25, 0.3) is 0 Å². The Morgan fingerprint density at radius 3 is 2.55 bits per heavy atom. The number of benzene rings is 1. The summed E-state index contributed by atoms with van der Waals surface area (Å²) in [5.74, 6) is -2.59. The predicted octanol–water partition coefficient (Wildman–Crippen LogP) is 2.08. The van der Waals surface area contributed by atoms with Gasteiger partial charge in [0.1, 0.15) is 17.1 Å². The van der Waals surface area contributed by atoms with E-state index in [0.717, 1.165) is 12.1 Å². The van der Waals surface area contributed by atoms with Gasteiger partial charge in [-0.05, 0) is 30.9 Å². The lowest BCUT2D eigenvalue weighted by atomic mass is 9.86. The second kappa shape index (κ2) is 6.88. The summed E-state index contributed by atoms with van der Waals surface area (Å²) < 4.78 is 19.0. The Kier molecular flexibility index (Phi) is 5.74. The highest BCUT2D eigenvalue weighted by atomic mass is 35.5. The number of carboxylic acids is 1. The van der Waals surface area contributed by atoms with Gasteiger partial charge in [-0.1, -0.05) is 0 Å². The van der Waals surface area contributed by atoms with Crippen LogP contribution in [-0.4, -0.2) is 29.4 Å². The minimum Gasteiger partial charge on any atom is -0.507 e. The number of rotatable bonds is 3. The van der Waals surface area contributed by atoms with Gasteiger partial charge in [-0.3, -0.25) is 0 Å². The minimum atomic E-state index is -1.31. The molecule has 1 fully saturated rings. The van der Waals surface area contributed by atoms with Crippen LogP contribution in [0, 0.1) is 11.7 Å². The number of halogens is 2. The van der Waals surface area contributed by atoms with Crippen LogP contribution >= 0.6 is 12.4 Å². The van der Waals surface area contributed by atoms with E-state index in [4.69, 9.17) is 15.6 Å². The first kappa shape index (κ1) is 16.7. The minimum absolute atomic E-state index is 0. The first-order chi connectivity index (χ1) is 9.02. The Labute approximate surface area is 122 Å². The van der Waals surface area contributed by atoms with Crippen LogP contribution in [-0.2, 0) is 4.74 Å². The predicted molar refractivity (Wildman–Crippen MR) is 72.7 cm³/mol. The summed E-state index contributed by atoms with van der Waals surface area (Å²) in [6.07, 6.45) is 1.33. The standard InChI is InChI=1S/C13H16FNO4.ClH/c14-9-2-1-8(13(17)18)12(16)10(9)11(15)7-3-5-19-6-4-7;/h1-2,7,11,16H,3-6,15H2,(H,17,18);1H/t11-;/m0./s1. The van der Waals surface area contributed by atoms with E-state index in [0.29, 0.717) is 26.1 Å². The highest BCUT2D eigenvalue weighted by molar-refractivity contribution is 5.91. The molecule has 0 aliphatic carbocycles. The van der Waals surface area contributed by atoms with E-state index in [-0.39, 0.29) is 29.5 Å². The van der Waals surface area contributed by atoms with Crippen molar-refractivity contribution >= 4 is 18.4 Å². The average molecular weight is 306 g/mol. The molecular formula is C13H17ClFNO4. The van der Waals surface area contributed by atoms with E-state index in [1.54, 1.807) is 0 Å². The Morgan fingerprint density at radius 1 is 1.40 bits per heavy atom. The fourth-order valence-electron chi connectivity index (χ4n) is 2.38. The van der Waals surface area contributed by atoms with Crippen molar-refractivity contribution in [2.75, 3.05) is 13.2 Å². The number of aromatic hydroxyl groups is 1. The summed E-state index contributed by atoms with van der Waals surface area (Å²) in [6, 6.07) is 1.33. The van der Waals surface area contributed by atoms with Crippen molar-refractivity contribution < 1.29 is 24.1 Å². The average Bonchev–Trinajstić information content (AvgIpc) is 2.39. The van der Waals surface area contributed by atoms with Crippen molar-refractivity contribution in [3.63, 3.8) is 0 Å². The number of aromatic carboxylic acids is 1. The molecule has 7 heteroatoms. The van der Waals surface area contributed by atoms with Crippen LogP contribution < -0.4 is 5.73 Å². The molecule has 0 bridgehead atoms. The molecule has 0 spiro atoms. The van der Waals surface area contributed by atoms with Crippen molar-refractivity contribution in [3.8, 4) is 5.75 Å². The molecule has 20 heavy (non-hydrogen) atoms. The maximum atomic E-state index is 13.8. The first-order valence-corrected chi connectivity index (χ1v) is 6.10. The normalized spacial score (nSPS) is 17.3. The molecule has 2 rings (SSSR count). The quantitative estimate of drug-likeness (QED) is 0.795. The summed E-state index contributed by atoms with van der Waals surface area (Å²) in [5.41, 5.74) is 5.54. The molecule has 1 heterocycles. The van der Waals surface area contributed by atoms with E-state index in [1.807, 2.05) is 0 Å². The second-order valence-electron chi connectivity index (χ2n) is 4.64. The van der Waals surface area contributed by atoms with E-state index in [2.05, 4.69) is 0 Å². The van der Waals surface area contributed by atoms with Crippen molar-refractivity contribution in [3.05, 3.63) is 29.1 Å². The molecule has 0 amide bonds. The Bertz CT molecular complexity index is 492. The number of carbonyl (C=O) groups is 1. The number of nitrogens with two attached hydrogens (primary N) is 1. The summed E-state index contributed by atoms with van der Waals surface area (Å²) >= 11 is 0. The molecule has 0 aromatic heterocycles. The number of carboxylic acid groups (broad SMARTS) is 1. The van der Waals surface area contributed by atoms with Gasteiger partial charge in [0.15, 0.2) is 0 Å². The molecule has 1 aliphatic rings. The third-order valence-electron chi connectivity index (χ3n) is 3.50. The lowest BCUT2D eigenvalue weighted by Crippen LogP contribution is -2.28. The van der Waals surface area contributed by atoms with Crippen molar-refractivity contribution in [2.24, 2.45) is 11.7 Å². The first-order valence-electron chi connectivity index (χ1n) is 6.10. The molecule has 5 nitrogen and oxygen atoms in total. The van der Waals surface area contributed by atoms with E-state index in [1.165, 1.54) is 0 Å². The summed E-state index contributed by atoms with van der Waals surface area (Å²) in [6.45, 7) is 1.08. The largest absolute Gasteiger partial charge is 0.507 e. The molecule has 1 saturated heterocycles. The monoisotopic (exact) mass is 305 g/mol. The molecule has 0 saturated carbocycles. The van der Waals surface area contributed by atoms with E-state index in [9.17, 15) is 14.3 Å². The smallest absolute Gasteiger partial charge is 0.339 e. The van der Waals surface area contributed by atoms with Crippen LogP contribution in [0.3, 0.4) is 0 Å². The number of ether oxygens (including phenoxy) is 1. The Hall–Kier alpha value is -1.37. The van der Waals surface area contributed by atoms with Crippen LogP contribution in [0.4, 0.5) is 4.39 Å². The second-order valence-corrected chi connectivity index (χ2v) is 4.64. The zero-order chi connectivity index (χ0) is 14.0. The summed E-state index contributed by atoms with van der Waals surface area (Å²) in [5, 5.41) is 18.8. The topological polar surface area (TPSA) is 92.8 Å². The summed E-state index contributed by atoms with van der Waals surface area (Å²) in [7, 11) is 0. The number of hydrogen-bond donors (Lipinski definition) is 3. The van der Waals surface area contributed by atoms with Crippen LogP contribution in [0.2, 0.25) is 0 Å². The molecule has 1 aliphatic heterocycles. The lowest BCUT2D eigenvalue weighted by molar-refractivity contribution is 0.0575. The van der Waals surface area contributed by atoms with Gasteiger partial charge in [-0.2, -0.15) is 0 Å². The van der Waals surface area contributed by atoms with Gasteiger partial charge in [0, 0.05) is 24.8 Å². The van der Waals surface area contributed by atoms with Gasteiger partial charge in [0.2, 0.25) is 0 Å². The van der Waals surface area contributed by atoms with E-state index >= 15 is 0 Å². The third-order valence-corrected chi connectivity index (χ3v) is 3.50. The van der Waals surface area contributed by atoms with Crippen LogP contribution in [0.5, 0.6) is 5.75 Å². The van der Waals surface area contributed by atoms with E-state index < -0.39 is 23.6 Å². The number of hydrogen-bond acceptors (Lipinski definition) is 4. The molecule has 1 atom stereocenters. The van der Waals surface area contributed by atoms with Crippen molar-refractivity contribution in [2.45, 2.75) is 18.9 Å². The highest BCUT2D eigenvalue weighted by Gasteiger charge is 2.29. The SMILES string of the molecule is Cl.N[C@H](c1c(F)ccc(C(=O)O)c1O)C1CCOCC1. The zero-order valence-corrected chi connectivity index (χ0v) is 11.5. The molecular weight excluding hydrogens is 289 g/mol. The highest BCUT2D eigenvalue weighted by Crippen LogP contribution is 2.36. The van der Waals surface area contributed by atoms with Gasteiger partial charge >= 0.3 is 5.97 Å². The maximum absolute atomic E-state index is 13.8. The zero-order valence-electron chi connectivity index (χ0n) is 10.7. The van der Waals surface area contributed by atoms with Crippen molar-refractivity contribution in [1.29, 1.82) is 0 Å². The van der Waals surface area contributed by atoms with Gasteiger partial charge in [-0.25, -0.2) is 9.18 Å². The Morgan fingerprint density at radius 2 is 2.00 bits per heavy atom. The summed E-state index contributed by atoms with van der Waals surface area (Å²) in [4.78, 5) is 10.9. The molecule has 112 valence electrons. The molecule has 4 N–H and O–H groups in total. The molecule has 0 radical (unpaired) electrons. The van der Waals surface area contributed by atoms with Gasteiger partial charge in [0.25, 0.3) is 0 Å². The molecule has 1 aromatic rings. The maximum Gasteiger partial charge on any atom is 0.339 e. The van der Waals surface area contributed by atoms with Gasteiger partial charge in [-0.15, -0.1) is 12.4 Å². The van der Waals surface area contributed by atoms with Crippen LogP contribution in [0.1, 0.15) is 34.8 Å². The lowest BCUT2D eigenvalue weighted by Gasteiger charge is -2.28. The number of phenols is 1. The molecule has 0 unspecified atom stereocenters. The van der Waals surface area contributed by atoms with Crippen molar-refractivity contribution in [1.82, 2.24) is 0 Å². The van der Waals surface area contributed by atoms with Gasteiger partial charge in [0.05, 0.1) is 0 Å². The third kappa shape index (κ3) is 3.20. The fraction of sp³-hybridized carbons (Fsp3) is 0.462. The molecule has 1 aromatic carbocycles. The fourth-order valence-corrected chi connectivity index (χ4v) is 2.38. The Balaban J connectivity index is 0.00000200. The van der Waals surface area contributed by atoms with Crippen LogP contribution in [0.15, 0.2) is 12.1 Å².